The molecule has 0 amide bonds. The third-order valence-corrected chi connectivity index (χ3v) is 7.41. The first-order chi connectivity index (χ1) is 16.8. The topological polar surface area (TPSA) is 30.9 Å². The fourth-order valence-corrected chi connectivity index (χ4v) is 5.47. The number of nitrogens with zero attached hydrogens (tertiary/aromatic N) is 3. The Morgan fingerprint density at radius 1 is 1.29 bits per heavy atom. The zero-order chi connectivity index (χ0) is 25.5. The molecular weight excluding hydrogens is 452 g/mol. The molecule has 35 heavy (non-hydrogen) atoms. The molecule has 0 bridgehead atoms. The summed E-state index contributed by atoms with van der Waals surface area (Å²) in [7, 11) is 0. The van der Waals surface area contributed by atoms with Gasteiger partial charge in [0.25, 0.3) is 0 Å². The normalized spacial score (nSPS) is 22.7. The molecule has 1 aromatic carbocycles. The van der Waals surface area contributed by atoms with E-state index in [9.17, 15) is 0 Å². The molecule has 3 rings (SSSR count). The largest absolute Gasteiger partial charge is 0.367 e. The van der Waals surface area contributed by atoms with Gasteiger partial charge in [0.15, 0.2) is 0 Å². The first-order valence-electron chi connectivity index (χ1n) is 13.1. The molecule has 1 aromatic rings. The van der Waals surface area contributed by atoms with Crippen LogP contribution in [0.3, 0.4) is 0 Å². The van der Waals surface area contributed by atoms with Gasteiger partial charge in [-0.3, -0.25) is 0 Å². The number of anilines is 1. The highest BCUT2D eigenvalue weighted by molar-refractivity contribution is 6.49. The summed E-state index contributed by atoms with van der Waals surface area (Å²) in [6, 6.07) is 7.30. The minimum absolute atomic E-state index is 0.447. The van der Waals surface area contributed by atoms with Crippen molar-refractivity contribution in [2.75, 3.05) is 31.1 Å². The summed E-state index contributed by atoms with van der Waals surface area (Å²) in [6.07, 6.45) is 9.17. The quantitative estimate of drug-likeness (QED) is 0.320. The maximum atomic E-state index is 6.68. The number of halogens is 1. The smallest absolute Gasteiger partial charge is 0.132 e. The van der Waals surface area contributed by atoms with Gasteiger partial charge < -0.3 is 15.1 Å². The van der Waals surface area contributed by atoms with E-state index >= 15 is 0 Å². The second kappa shape index (κ2) is 12.6. The van der Waals surface area contributed by atoms with Crippen LogP contribution in [-0.2, 0) is 0 Å². The van der Waals surface area contributed by atoms with Gasteiger partial charge in [0, 0.05) is 60.2 Å². The van der Waals surface area contributed by atoms with E-state index in [-0.39, 0.29) is 0 Å². The molecule has 2 aliphatic rings. The predicted octanol–water partition coefficient (Wildman–Crippen LogP) is 7.24. The molecule has 0 spiro atoms. The van der Waals surface area contributed by atoms with E-state index in [2.05, 4.69) is 80.6 Å². The van der Waals surface area contributed by atoms with Crippen molar-refractivity contribution < 1.29 is 0 Å². The minimum Gasteiger partial charge on any atom is -0.367 e. The average Bonchev–Trinajstić information content (AvgIpc) is 2.86. The van der Waals surface area contributed by atoms with Crippen molar-refractivity contribution in [1.29, 1.82) is 0 Å². The molecule has 0 saturated carbocycles. The Labute approximate surface area is 218 Å². The molecule has 1 fully saturated rings. The molecule has 1 saturated heterocycles. The number of allylic oxidation sites excluding steroid dienone is 3. The Kier molecular flexibility index (Phi) is 9.82. The number of aliphatic imine (C=N–C) groups is 1. The van der Waals surface area contributed by atoms with Crippen molar-refractivity contribution in [1.82, 2.24) is 10.2 Å². The van der Waals surface area contributed by atoms with E-state index in [4.69, 9.17) is 16.6 Å². The molecule has 0 aliphatic carbocycles. The van der Waals surface area contributed by atoms with Crippen molar-refractivity contribution in [2.24, 2.45) is 4.99 Å². The van der Waals surface area contributed by atoms with Crippen molar-refractivity contribution in [2.45, 2.75) is 72.9 Å². The van der Waals surface area contributed by atoms with E-state index < -0.39 is 0 Å². The third-order valence-electron chi connectivity index (χ3n) is 7.00. The summed E-state index contributed by atoms with van der Waals surface area (Å²) in [5.74, 6) is 1.17. The van der Waals surface area contributed by atoms with Gasteiger partial charge in [0.2, 0.25) is 0 Å². The highest BCUT2D eigenvalue weighted by Crippen LogP contribution is 2.36. The summed E-state index contributed by atoms with van der Waals surface area (Å²) in [4.78, 5) is 10.2. The van der Waals surface area contributed by atoms with Gasteiger partial charge in [-0.05, 0) is 69.7 Å². The summed E-state index contributed by atoms with van der Waals surface area (Å²) in [6.45, 7) is 20.9. The molecule has 4 nitrogen and oxygen atoms in total. The van der Waals surface area contributed by atoms with Crippen LogP contribution in [0, 0.1) is 0 Å². The second-order valence-electron chi connectivity index (χ2n) is 9.78. The number of benzene rings is 1. The van der Waals surface area contributed by atoms with Crippen LogP contribution in [0.2, 0.25) is 0 Å². The third kappa shape index (κ3) is 6.48. The van der Waals surface area contributed by atoms with Gasteiger partial charge in [-0.15, -0.1) is 0 Å². The predicted molar refractivity (Wildman–Crippen MR) is 155 cm³/mol. The van der Waals surface area contributed by atoms with Crippen molar-refractivity contribution in [3.8, 4) is 0 Å². The lowest BCUT2D eigenvalue weighted by Crippen LogP contribution is -2.57. The molecule has 2 aliphatic heterocycles. The molecule has 190 valence electrons. The van der Waals surface area contributed by atoms with Crippen LogP contribution in [0.15, 0.2) is 58.8 Å². The minimum atomic E-state index is 0.447. The van der Waals surface area contributed by atoms with Crippen molar-refractivity contribution in [3.63, 3.8) is 0 Å². The lowest BCUT2D eigenvalue weighted by Gasteiger charge is -2.41. The molecular formula is C30H43ClN4. The van der Waals surface area contributed by atoms with E-state index in [1.807, 2.05) is 19.1 Å². The highest BCUT2D eigenvalue weighted by atomic mass is 35.5. The zero-order valence-electron chi connectivity index (χ0n) is 22.5. The number of amidine groups is 1. The monoisotopic (exact) mass is 494 g/mol. The summed E-state index contributed by atoms with van der Waals surface area (Å²) in [5, 5.41) is 4.51. The Morgan fingerprint density at radius 3 is 2.69 bits per heavy atom. The maximum Gasteiger partial charge on any atom is 0.132 e. The summed E-state index contributed by atoms with van der Waals surface area (Å²) < 4.78 is 0. The van der Waals surface area contributed by atoms with Gasteiger partial charge >= 0.3 is 0 Å². The Morgan fingerprint density at radius 2 is 2.06 bits per heavy atom. The molecule has 2 atom stereocenters. The highest BCUT2D eigenvalue weighted by Gasteiger charge is 2.30. The fraction of sp³-hybridized carbons (Fsp3) is 0.500. The lowest BCUT2D eigenvalue weighted by molar-refractivity contribution is 0.240. The van der Waals surface area contributed by atoms with Gasteiger partial charge in [-0.1, -0.05) is 62.4 Å². The zero-order valence-corrected chi connectivity index (χ0v) is 23.3. The second-order valence-corrected chi connectivity index (χ2v) is 10.2. The van der Waals surface area contributed by atoms with Crippen molar-refractivity contribution >= 4 is 34.2 Å². The van der Waals surface area contributed by atoms with Crippen LogP contribution < -0.4 is 10.2 Å². The number of rotatable bonds is 7. The molecule has 0 radical (unpaired) electrons. The van der Waals surface area contributed by atoms with Gasteiger partial charge in [-0.25, -0.2) is 4.99 Å². The summed E-state index contributed by atoms with van der Waals surface area (Å²) >= 11 is 6.68. The number of nitrogens with one attached hydrogen (secondary N) is 1. The Bertz CT molecular complexity index is 1030. The van der Waals surface area contributed by atoms with Crippen LogP contribution in [0.5, 0.6) is 0 Å². The van der Waals surface area contributed by atoms with E-state index in [1.54, 1.807) is 0 Å². The Hall–Kier alpha value is -2.30. The summed E-state index contributed by atoms with van der Waals surface area (Å²) in [5.41, 5.74) is 7.19. The number of piperazine rings is 1. The van der Waals surface area contributed by atoms with Crippen LogP contribution in [0.1, 0.15) is 71.9 Å². The van der Waals surface area contributed by atoms with Gasteiger partial charge in [0.1, 0.15) is 5.84 Å². The van der Waals surface area contributed by atoms with Crippen LogP contribution in [0.25, 0.3) is 11.1 Å². The molecule has 5 heteroatoms. The molecule has 2 heterocycles. The van der Waals surface area contributed by atoms with Crippen LogP contribution in [-0.4, -0.2) is 49.0 Å². The first-order valence-corrected chi connectivity index (χ1v) is 13.5. The molecule has 1 N–H and O–H groups in total. The molecule has 0 aromatic heterocycles. The van der Waals surface area contributed by atoms with Gasteiger partial charge in [-0.2, -0.15) is 0 Å². The number of hydrogen-bond donors (Lipinski definition) is 1. The SMILES string of the molecule is C=Cc1cccc(N2CCC(C(=N/C(C)=C/CC)N3CC(C)NC(CC)C3)=C(C)C2)c1/C(Cl)=C\C. The fourth-order valence-electron chi connectivity index (χ4n) is 5.26. The molecule has 2 unspecified atom stereocenters. The van der Waals surface area contributed by atoms with E-state index in [0.29, 0.717) is 12.1 Å². The van der Waals surface area contributed by atoms with Crippen LogP contribution in [0.4, 0.5) is 5.69 Å². The first kappa shape index (κ1) is 27.3. The Balaban J connectivity index is 2.00. The van der Waals surface area contributed by atoms with Gasteiger partial charge in [0.05, 0.1) is 0 Å². The maximum absolute atomic E-state index is 6.68. The standard InChI is InChI=1S/C30H43ClN4/c1-8-13-22(6)33-30(35-19-23(7)32-25(10-3)20-35)26-16-17-34(18-21(26)5)28-15-12-14-24(9-2)29(28)27(31)11-4/h9,11-15,23,25,32H,2,8,10,16-20H2,1,3-7H3/b22-13+,27-11+,33-30?. The lowest BCUT2D eigenvalue weighted by atomic mass is 9.95. The van der Waals surface area contributed by atoms with E-state index in [1.165, 1.54) is 22.7 Å². The van der Waals surface area contributed by atoms with Crippen molar-refractivity contribution in [3.05, 3.63) is 64.9 Å². The average molecular weight is 495 g/mol. The van der Waals surface area contributed by atoms with E-state index in [0.717, 1.165) is 67.3 Å². The number of hydrogen-bond acceptors (Lipinski definition) is 3. The van der Waals surface area contributed by atoms with Crippen LogP contribution >= 0.6 is 11.6 Å².